The summed E-state index contributed by atoms with van der Waals surface area (Å²) in [7, 11) is 0. The van der Waals surface area contributed by atoms with Crippen LogP contribution in [0.3, 0.4) is 0 Å². The minimum Gasteiger partial charge on any atom is -0.430 e. The highest BCUT2D eigenvalue weighted by Gasteiger charge is 2.47. The maximum atomic E-state index is 14.0. The number of anilines is 1. The standard InChI is InChI=1S/C28H32N2O3/c1-5-30(6-2)28(20-23-16-9-7-10-17-23,33-26(31)24-18-11-8-12-19-24)27(32)29-25-21(3)14-13-15-22(25)4/h7-19H,5-6,20H2,1-4H3,(H,29,32). The fraction of sp³-hybridized carbons (Fsp3) is 0.286. The molecule has 1 unspecified atom stereocenters. The first-order valence-corrected chi connectivity index (χ1v) is 11.4. The molecule has 1 atom stereocenters. The second kappa shape index (κ2) is 10.9. The zero-order chi connectivity index (χ0) is 23.8. The predicted molar refractivity (Wildman–Crippen MR) is 132 cm³/mol. The van der Waals surface area contributed by atoms with Gasteiger partial charge in [0.25, 0.3) is 5.91 Å². The van der Waals surface area contributed by atoms with Gasteiger partial charge in [0.15, 0.2) is 0 Å². The van der Waals surface area contributed by atoms with E-state index in [0.717, 1.165) is 22.4 Å². The first kappa shape index (κ1) is 24.2. The summed E-state index contributed by atoms with van der Waals surface area (Å²) in [6.07, 6.45) is 0.227. The van der Waals surface area contributed by atoms with Crippen LogP contribution in [0.1, 0.15) is 40.9 Å². The highest BCUT2D eigenvalue weighted by atomic mass is 16.6. The lowest BCUT2D eigenvalue weighted by Crippen LogP contribution is -2.61. The van der Waals surface area contributed by atoms with Gasteiger partial charge in [-0.1, -0.05) is 80.6 Å². The van der Waals surface area contributed by atoms with E-state index in [1.165, 1.54) is 0 Å². The fourth-order valence-corrected chi connectivity index (χ4v) is 4.10. The molecule has 3 aromatic carbocycles. The maximum absolute atomic E-state index is 14.0. The molecule has 0 aliphatic heterocycles. The number of hydrogen-bond donors (Lipinski definition) is 1. The van der Waals surface area contributed by atoms with Crippen molar-refractivity contribution in [2.24, 2.45) is 0 Å². The van der Waals surface area contributed by atoms with Gasteiger partial charge in [0.05, 0.1) is 5.56 Å². The molecule has 3 aromatic rings. The summed E-state index contributed by atoms with van der Waals surface area (Å²) in [4.78, 5) is 29.2. The van der Waals surface area contributed by atoms with Gasteiger partial charge < -0.3 is 10.1 Å². The van der Waals surface area contributed by atoms with Crippen molar-refractivity contribution < 1.29 is 14.3 Å². The number of para-hydroxylation sites is 1. The van der Waals surface area contributed by atoms with Crippen LogP contribution in [0, 0.1) is 13.8 Å². The van der Waals surface area contributed by atoms with Crippen molar-refractivity contribution in [1.29, 1.82) is 0 Å². The Morgan fingerprint density at radius 1 is 0.818 bits per heavy atom. The SMILES string of the molecule is CCN(CC)C(Cc1ccccc1)(OC(=O)c1ccccc1)C(=O)Nc1c(C)cccc1C. The molecule has 0 bridgehead atoms. The summed E-state index contributed by atoms with van der Waals surface area (Å²) >= 11 is 0. The molecular weight excluding hydrogens is 412 g/mol. The summed E-state index contributed by atoms with van der Waals surface area (Å²) in [6, 6.07) is 24.3. The topological polar surface area (TPSA) is 58.6 Å². The number of hydrogen-bond acceptors (Lipinski definition) is 4. The number of ether oxygens (including phenoxy) is 1. The van der Waals surface area contributed by atoms with E-state index in [9.17, 15) is 9.59 Å². The number of nitrogens with zero attached hydrogens (tertiary/aromatic N) is 1. The van der Waals surface area contributed by atoms with Crippen LogP contribution in [0.4, 0.5) is 5.69 Å². The third kappa shape index (κ3) is 5.49. The molecule has 0 aliphatic rings. The molecule has 0 heterocycles. The van der Waals surface area contributed by atoms with E-state index in [2.05, 4.69) is 5.32 Å². The van der Waals surface area contributed by atoms with E-state index in [1.807, 2.05) is 87.2 Å². The number of aryl methyl sites for hydroxylation is 2. The lowest BCUT2D eigenvalue weighted by Gasteiger charge is -2.41. The van der Waals surface area contributed by atoms with Crippen LogP contribution >= 0.6 is 0 Å². The third-order valence-corrected chi connectivity index (χ3v) is 5.91. The largest absolute Gasteiger partial charge is 0.430 e. The normalized spacial score (nSPS) is 12.8. The van der Waals surface area contributed by atoms with E-state index in [0.29, 0.717) is 18.7 Å². The summed E-state index contributed by atoms with van der Waals surface area (Å²) in [6.45, 7) is 8.90. The zero-order valence-electron chi connectivity index (χ0n) is 19.8. The molecule has 1 N–H and O–H groups in total. The molecule has 0 aromatic heterocycles. The monoisotopic (exact) mass is 444 g/mol. The Bertz CT molecular complexity index is 1060. The Morgan fingerprint density at radius 2 is 1.36 bits per heavy atom. The highest BCUT2D eigenvalue weighted by Crippen LogP contribution is 2.29. The van der Waals surface area contributed by atoms with Crippen molar-refractivity contribution in [1.82, 2.24) is 4.90 Å². The van der Waals surface area contributed by atoms with Gasteiger partial charge in [-0.15, -0.1) is 0 Å². The van der Waals surface area contributed by atoms with Crippen molar-refractivity contribution >= 4 is 17.6 Å². The molecule has 0 saturated carbocycles. The summed E-state index contributed by atoms with van der Waals surface area (Å²) in [5, 5.41) is 3.09. The zero-order valence-corrected chi connectivity index (χ0v) is 19.8. The highest BCUT2D eigenvalue weighted by molar-refractivity contribution is 6.01. The summed E-state index contributed by atoms with van der Waals surface area (Å²) in [5.41, 5.74) is 2.43. The van der Waals surface area contributed by atoms with E-state index < -0.39 is 11.7 Å². The molecular formula is C28H32N2O3. The number of likely N-dealkylation sites (N-methyl/N-ethyl adjacent to an activating group) is 1. The van der Waals surface area contributed by atoms with Gasteiger partial charge in [-0.3, -0.25) is 9.69 Å². The average Bonchev–Trinajstić information content (AvgIpc) is 2.83. The number of esters is 1. The number of carbonyl (C=O) groups is 2. The molecule has 172 valence electrons. The summed E-state index contributed by atoms with van der Waals surface area (Å²) < 4.78 is 6.16. The van der Waals surface area contributed by atoms with Crippen LogP contribution in [0.15, 0.2) is 78.9 Å². The molecule has 1 amide bonds. The van der Waals surface area contributed by atoms with Gasteiger partial charge in [-0.25, -0.2) is 4.79 Å². The number of nitrogens with one attached hydrogen (secondary N) is 1. The number of benzene rings is 3. The Hall–Kier alpha value is -3.44. The van der Waals surface area contributed by atoms with E-state index in [-0.39, 0.29) is 12.3 Å². The van der Waals surface area contributed by atoms with Gasteiger partial charge in [0.1, 0.15) is 0 Å². The molecule has 0 aliphatic carbocycles. The maximum Gasteiger partial charge on any atom is 0.340 e. The first-order chi connectivity index (χ1) is 15.9. The molecule has 3 rings (SSSR count). The molecule has 5 nitrogen and oxygen atoms in total. The molecule has 0 fully saturated rings. The lowest BCUT2D eigenvalue weighted by atomic mass is 9.98. The number of carbonyl (C=O) groups excluding carboxylic acids is 2. The van der Waals surface area contributed by atoms with Gasteiger partial charge in [-0.2, -0.15) is 0 Å². The van der Waals surface area contributed by atoms with Crippen molar-refractivity contribution in [3.05, 3.63) is 101 Å². The van der Waals surface area contributed by atoms with E-state index in [4.69, 9.17) is 4.74 Å². The van der Waals surface area contributed by atoms with Crippen LogP contribution in [0.2, 0.25) is 0 Å². The fourth-order valence-electron chi connectivity index (χ4n) is 4.10. The van der Waals surface area contributed by atoms with Crippen molar-refractivity contribution in [3.63, 3.8) is 0 Å². The minimum absolute atomic E-state index is 0.227. The Balaban J connectivity index is 2.10. The molecule has 33 heavy (non-hydrogen) atoms. The minimum atomic E-state index is -1.52. The van der Waals surface area contributed by atoms with Crippen LogP contribution in [-0.2, 0) is 16.0 Å². The van der Waals surface area contributed by atoms with Crippen molar-refractivity contribution in [2.45, 2.75) is 39.8 Å². The Kier molecular flexibility index (Phi) is 8.01. The van der Waals surface area contributed by atoms with Gasteiger partial charge in [0.2, 0.25) is 5.72 Å². The molecule has 0 radical (unpaired) electrons. The smallest absolute Gasteiger partial charge is 0.340 e. The first-order valence-electron chi connectivity index (χ1n) is 11.4. The third-order valence-electron chi connectivity index (χ3n) is 5.91. The average molecular weight is 445 g/mol. The van der Waals surface area contributed by atoms with Crippen LogP contribution in [-0.4, -0.2) is 35.6 Å². The molecule has 5 heteroatoms. The van der Waals surface area contributed by atoms with Crippen LogP contribution < -0.4 is 5.32 Å². The Morgan fingerprint density at radius 3 is 1.91 bits per heavy atom. The van der Waals surface area contributed by atoms with Gasteiger partial charge in [0, 0.05) is 12.1 Å². The Labute approximate surface area is 196 Å². The second-order valence-corrected chi connectivity index (χ2v) is 8.10. The predicted octanol–water partition coefficient (Wildman–Crippen LogP) is 5.38. The van der Waals surface area contributed by atoms with Crippen LogP contribution in [0.25, 0.3) is 0 Å². The van der Waals surface area contributed by atoms with Crippen molar-refractivity contribution in [2.75, 3.05) is 18.4 Å². The number of amides is 1. The van der Waals surface area contributed by atoms with E-state index >= 15 is 0 Å². The van der Waals surface area contributed by atoms with E-state index in [1.54, 1.807) is 24.3 Å². The molecule has 0 saturated heterocycles. The second-order valence-electron chi connectivity index (χ2n) is 8.10. The lowest BCUT2D eigenvalue weighted by molar-refractivity contribution is -0.159. The van der Waals surface area contributed by atoms with Gasteiger partial charge in [-0.05, 0) is 55.8 Å². The summed E-state index contributed by atoms with van der Waals surface area (Å²) in [5.74, 6) is -0.896. The number of rotatable bonds is 9. The van der Waals surface area contributed by atoms with Crippen molar-refractivity contribution in [3.8, 4) is 0 Å². The quantitative estimate of drug-likeness (QED) is 0.356. The molecule has 0 spiro atoms. The van der Waals surface area contributed by atoms with Crippen LogP contribution in [0.5, 0.6) is 0 Å². The van der Waals surface area contributed by atoms with Gasteiger partial charge >= 0.3 is 5.97 Å².